The third kappa shape index (κ3) is 5.68. The predicted molar refractivity (Wildman–Crippen MR) is 141 cm³/mol. The summed E-state index contributed by atoms with van der Waals surface area (Å²) in [5.74, 6) is -0.204. The van der Waals surface area contributed by atoms with Crippen molar-refractivity contribution in [2.24, 2.45) is 0 Å². The number of carbonyl (C=O) groups excluding carboxylic acids is 1. The van der Waals surface area contributed by atoms with Crippen LogP contribution in [0.3, 0.4) is 0 Å². The number of thioether (sulfide) groups is 1. The maximum atomic E-state index is 13.3. The summed E-state index contributed by atoms with van der Waals surface area (Å²) >= 11 is 3.11. The zero-order valence-corrected chi connectivity index (χ0v) is 21.6. The zero-order chi connectivity index (χ0) is 24.1. The van der Waals surface area contributed by atoms with Gasteiger partial charge in [-0.05, 0) is 49.4 Å². The van der Waals surface area contributed by atoms with Crippen LogP contribution in [0.15, 0.2) is 82.6 Å². The van der Waals surface area contributed by atoms with Crippen LogP contribution in [0.5, 0.6) is 0 Å². The number of sulfone groups is 1. The highest BCUT2D eigenvalue weighted by Crippen LogP contribution is 2.35. The summed E-state index contributed by atoms with van der Waals surface area (Å²) in [6, 6.07) is 22.6. The number of fused-ring (bicyclic) bond motifs is 1. The van der Waals surface area contributed by atoms with Crippen molar-refractivity contribution in [1.82, 2.24) is 4.98 Å². The molecule has 1 heterocycles. The van der Waals surface area contributed by atoms with Crippen molar-refractivity contribution in [2.45, 2.75) is 36.1 Å². The van der Waals surface area contributed by atoms with Gasteiger partial charge in [0.1, 0.15) is 0 Å². The first-order valence-electron chi connectivity index (χ1n) is 10.9. The Morgan fingerprint density at radius 3 is 2.44 bits per heavy atom. The summed E-state index contributed by atoms with van der Waals surface area (Å²) < 4.78 is 26.4. The van der Waals surface area contributed by atoms with E-state index in [0.29, 0.717) is 16.6 Å². The van der Waals surface area contributed by atoms with Crippen LogP contribution >= 0.6 is 23.1 Å². The topological polar surface area (TPSA) is 67.3 Å². The lowest BCUT2D eigenvalue weighted by Gasteiger charge is -2.20. The van der Waals surface area contributed by atoms with Crippen LogP contribution in [0.2, 0.25) is 0 Å². The predicted octanol–water partition coefficient (Wildman–Crippen LogP) is 6.11. The van der Waals surface area contributed by atoms with Crippen LogP contribution in [0, 0.1) is 6.92 Å². The molecule has 0 bridgehead atoms. The molecule has 3 aromatic carbocycles. The van der Waals surface area contributed by atoms with Crippen LogP contribution in [0.1, 0.15) is 24.0 Å². The summed E-state index contributed by atoms with van der Waals surface area (Å²) in [6.45, 7) is 2.30. The summed E-state index contributed by atoms with van der Waals surface area (Å²) in [5, 5.41) is 0.631. The van der Waals surface area contributed by atoms with E-state index in [9.17, 15) is 13.2 Å². The van der Waals surface area contributed by atoms with Gasteiger partial charge in [0.25, 0.3) is 0 Å². The minimum absolute atomic E-state index is 0.0720. The normalized spacial score (nSPS) is 11.6. The Hall–Kier alpha value is -2.68. The second kappa shape index (κ2) is 10.7. The smallest absolute Gasteiger partial charge is 0.229 e. The van der Waals surface area contributed by atoms with Gasteiger partial charge in [-0.2, -0.15) is 0 Å². The molecular formula is C26H26N2O3S3. The number of hydrogen-bond acceptors (Lipinski definition) is 6. The molecule has 0 radical (unpaired) electrons. The molecule has 0 aliphatic carbocycles. The number of benzene rings is 3. The number of para-hydroxylation sites is 1. The van der Waals surface area contributed by atoms with Gasteiger partial charge >= 0.3 is 0 Å². The van der Waals surface area contributed by atoms with E-state index in [1.54, 1.807) is 40.9 Å². The van der Waals surface area contributed by atoms with Gasteiger partial charge < -0.3 is 0 Å². The number of hydrogen-bond donors (Lipinski definition) is 0. The lowest BCUT2D eigenvalue weighted by Crippen LogP contribution is -2.30. The number of amides is 1. The highest BCUT2D eigenvalue weighted by molar-refractivity contribution is 7.98. The van der Waals surface area contributed by atoms with Crippen LogP contribution in [-0.2, 0) is 21.2 Å². The molecule has 34 heavy (non-hydrogen) atoms. The summed E-state index contributed by atoms with van der Waals surface area (Å²) in [4.78, 5) is 21.2. The third-order valence-corrected chi connectivity index (χ3v) is 9.12. The van der Waals surface area contributed by atoms with E-state index in [-0.39, 0.29) is 24.5 Å². The fourth-order valence-corrected chi connectivity index (χ4v) is 6.58. The van der Waals surface area contributed by atoms with E-state index in [1.807, 2.05) is 61.7 Å². The largest absolute Gasteiger partial charge is 0.284 e. The molecule has 4 aromatic rings. The van der Waals surface area contributed by atoms with Crippen molar-refractivity contribution in [3.05, 3.63) is 83.9 Å². The minimum atomic E-state index is -3.44. The van der Waals surface area contributed by atoms with E-state index in [2.05, 4.69) is 0 Å². The van der Waals surface area contributed by atoms with E-state index in [1.165, 1.54) is 11.3 Å². The highest BCUT2D eigenvalue weighted by Gasteiger charge is 2.22. The van der Waals surface area contributed by atoms with E-state index in [4.69, 9.17) is 4.98 Å². The van der Waals surface area contributed by atoms with Crippen molar-refractivity contribution < 1.29 is 13.2 Å². The van der Waals surface area contributed by atoms with Crippen LogP contribution in [0.4, 0.5) is 5.13 Å². The number of aromatic nitrogens is 1. The first-order valence-corrected chi connectivity index (χ1v) is 14.6. The molecule has 0 saturated carbocycles. The van der Waals surface area contributed by atoms with Gasteiger partial charge in [-0.3, -0.25) is 9.69 Å². The van der Waals surface area contributed by atoms with E-state index < -0.39 is 9.84 Å². The Bertz CT molecular complexity index is 1380. The van der Waals surface area contributed by atoms with Crippen molar-refractivity contribution in [3.63, 3.8) is 0 Å². The molecule has 0 fully saturated rings. The van der Waals surface area contributed by atoms with Crippen LogP contribution in [0.25, 0.3) is 10.2 Å². The monoisotopic (exact) mass is 510 g/mol. The first-order chi connectivity index (χ1) is 16.4. The van der Waals surface area contributed by atoms with Crippen molar-refractivity contribution in [1.29, 1.82) is 0 Å². The van der Waals surface area contributed by atoms with Gasteiger partial charge in [0.2, 0.25) is 5.91 Å². The van der Waals surface area contributed by atoms with Crippen molar-refractivity contribution in [3.8, 4) is 0 Å². The molecule has 0 N–H and O–H groups in total. The second-order valence-corrected chi connectivity index (χ2v) is 12.0. The van der Waals surface area contributed by atoms with Crippen molar-refractivity contribution in [2.75, 3.05) is 16.9 Å². The molecule has 0 aliphatic rings. The SMILES string of the molecule is CSc1cccc2sc(N(Cc3ccccc3)C(=O)CCCS(=O)(=O)c3ccc(C)cc3)nc12. The molecule has 1 amide bonds. The Labute approximate surface area is 208 Å². The van der Waals surface area contributed by atoms with Gasteiger partial charge in [0, 0.05) is 11.3 Å². The fraction of sp³-hybridized carbons (Fsp3) is 0.231. The molecule has 0 aliphatic heterocycles. The van der Waals surface area contributed by atoms with Gasteiger partial charge in [0.05, 0.1) is 27.4 Å². The number of rotatable bonds is 9. The van der Waals surface area contributed by atoms with E-state index >= 15 is 0 Å². The molecule has 176 valence electrons. The van der Waals surface area contributed by atoms with Gasteiger partial charge in [-0.25, -0.2) is 13.4 Å². The zero-order valence-electron chi connectivity index (χ0n) is 19.1. The quantitative estimate of drug-likeness (QED) is 0.254. The molecule has 0 spiro atoms. The van der Waals surface area contributed by atoms with Gasteiger partial charge in [-0.15, -0.1) is 11.8 Å². The molecule has 8 heteroatoms. The molecule has 1 aromatic heterocycles. The average Bonchev–Trinajstić information content (AvgIpc) is 3.27. The Kier molecular flexibility index (Phi) is 7.70. The number of carbonyl (C=O) groups is 1. The van der Waals surface area contributed by atoms with Crippen molar-refractivity contribution >= 4 is 54.2 Å². The molecule has 0 saturated heterocycles. The van der Waals surface area contributed by atoms with Crippen LogP contribution in [-0.4, -0.2) is 31.3 Å². The molecule has 5 nitrogen and oxygen atoms in total. The fourth-order valence-electron chi connectivity index (χ4n) is 3.63. The average molecular weight is 511 g/mol. The summed E-state index contributed by atoms with van der Waals surface area (Å²) in [5.41, 5.74) is 2.89. The second-order valence-electron chi connectivity index (χ2n) is 8.00. The maximum Gasteiger partial charge on any atom is 0.229 e. The molecule has 0 atom stereocenters. The number of thiazole rings is 1. The summed E-state index contributed by atoms with van der Waals surface area (Å²) in [7, 11) is -3.44. The minimum Gasteiger partial charge on any atom is -0.284 e. The molecule has 0 unspecified atom stereocenters. The third-order valence-electron chi connectivity index (χ3n) is 5.49. The van der Waals surface area contributed by atoms with Gasteiger partial charge in [0.15, 0.2) is 15.0 Å². The van der Waals surface area contributed by atoms with Gasteiger partial charge in [-0.1, -0.05) is 65.4 Å². The molecular weight excluding hydrogens is 484 g/mol. The number of nitrogens with zero attached hydrogens (tertiary/aromatic N) is 2. The number of anilines is 1. The Morgan fingerprint density at radius 2 is 1.74 bits per heavy atom. The van der Waals surface area contributed by atoms with Crippen LogP contribution < -0.4 is 4.90 Å². The molecule has 4 rings (SSSR count). The standard InChI is InChI=1S/C26H26N2O3S3/c1-19-13-15-21(16-14-19)34(30,31)17-7-12-24(29)28(18-20-8-4-3-5-9-20)26-27-25-22(32-2)10-6-11-23(25)33-26/h3-6,8-11,13-16H,7,12,17-18H2,1-2H3. The lowest BCUT2D eigenvalue weighted by atomic mass is 10.2. The first kappa shape index (κ1) is 24.4. The lowest BCUT2D eigenvalue weighted by molar-refractivity contribution is -0.118. The van der Waals surface area contributed by atoms with E-state index in [0.717, 1.165) is 26.2 Å². The maximum absolute atomic E-state index is 13.3. The highest BCUT2D eigenvalue weighted by atomic mass is 32.2. The Morgan fingerprint density at radius 1 is 1.00 bits per heavy atom. The number of aryl methyl sites for hydroxylation is 1. The Balaban J connectivity index is 1.54. The summed E-state index contributed by atoms with van der Waals surface area (Å²) in [6.07, 6.45) is 2.39.